The van der Waals surface area contributed by atoms with Crippen molar-refractivity contribution in [2.24, 2.45) is 10.7 Å². The summed E-state index contributed by atoms with van der Waals surface area (Å²) in [6.07, 6.45) is 7.37. The van der Waals surface area contributed by atoms with Crippen LogP contribution in [0.4, 0.5) is 23.1 Å². The molecule has 9 heteroatoms. The molecule has 0 aliphatic rings. The monoisotopic (exact) mass is 439 g/mol. The van der Waals surface area contributed by atoms with Gasteiger partial charge in [-0.3, -0.25) is 0 Å². The van der Waals surface area contributed by atoms with Crippen LogP contribution in [0.15, 0.2) is 71.1 Å². The second-order valence-electron chi connectivity index (χ2n) is 6.27. The Morgan fingerprint density at radius 1 is 1.25 bits per heavy atom. The lowest BCUT2D eigenvalue weighted by molar-refractivity contribution is 0.223. The van der Waals surface area contributed by atoms with Crippen LogP contribution in [0.2, 0.25) is 0 Å². The molecule has 0 aliphatic heterocycles. The van der Waals surface area contributed by atoms with Crippen LogP contribution >= 0.6 is 0 Å². The van der Waals surface area contributed by atoms with Crippen LogP contribution in [0.1, 0.15) is 33.3 Å². The number of nitrogens with zero attached hydrogens (tertiary/aromatic N) is 3. The molecule has 0 bridgehead atoms. The molecule has 0 aliphatic carbocycles. The van der Waals surface area contributed by atoms with Gasteiger partial charge in [0.05, 0.1) is 12.9 Å². The van der Waals surface area contributed by atoms with Gasteiger partial charge in [-0.15, -0.1) is 0 Å². The Labute approximate surface area is 189 Å². The van der Waals surface area contributed by atoms with E-state index in [1.54, 1.807) is 62.7 Å². The molecule has 172 valence electrons. The standard InChI is InChI=1S/C21H27N7O2.C2H6/c1-4-5-6-14(11-13(2)30-3)20(29)28-19(23)16-12-15(7-8-17(16)22)26-18-9-10-25-21(24)27-18;1-2/h4-12,20,29H,22H2,1-3H3,(H2,23,28)(H3,24,25,26,27);1-2H3/b5-4-,13-11+,14-6+;. The van der Waals surface area contributed by atoms with Crippen LogP contribution in [-0.4, -0.2) is 34.2 Å². The summed E-state index contributed by atoms with van der Waals surface area (Å²) >= 11 is 0. The number of allylic oxidation sites excluding steroid dienone is 4. The number of hydrogen-bond acceptors (Lipinski definition) is 8. The highest BCUT2D eigenvalue weighted by Gasteiger charge is 2.12. The van der Waals surface area contributed by atoms with E-state index in [-0.39, 0.29) is 11.8 Å². The number of nitrogens with two attached hydrogens (primary N) is 3. The lowest BCUT2D eigenvalue weighted by Crippen LogP contribution is -2.20. The molecule has 0 radical (unpaired) electrons. The number of aliphatic hydroxyl groups is 1. The smallest absolute Gasteiger partial charge is 0.221 e. The molecule has 0 fully saturated rings. The van der Waals surface area contributed by atoms with Crippen molar-refractivity contribution >= 4 is 29.0 Å². The molecule has 2 aromatic rings. The molecular weight excluding hydrogens is 406 g/mol. The molecule has 1 atom stereocenters. The fourth-order valence-corrected chi connectivity index (χ4v) is 2.43. The van der Waals surface area contributed by atoms with Crippen LogP contribution in [-0.2, 0) is 4.74 Å². The zero-order valence-electron chi connectivity index (χ0n) is 19.2. The summed E-state index contributed by atoms with van der Waals surface area (Å²) in [5.41, 5.74) is 19.9. The van der Waals surface area contributed by atoms with Gasteiger partial charge in [-0.05, 0) is 44.2 Å². The minimum absolute atomic E-state index is 0.0840. The number of methoxy groups -OCH3 is 1. The molecule has 0 amide bonds. The quantitative estimate of drug-likeness (QED) is 0.137. The van der Waals surface area contributed by atoms with Crippen molar-refractivity contribution in [2.45, 2.75) is 33.9 Å². The minimum Gasteiger partial charge on any atom is -0.501 e. The van der Waals surface area contributed by atoms with E-state index in [4.69, 9.17) is 21.9 Å². The number of aliphatic hydroxyl groups excluding tert-OH is 1. The molecule has 1 aromatic heterocycles. The Morgan fingerprint density at radius 2 is 1.97 bits per heavy atom. The number of aliphatic imine (C=N–C) groups is 1. The summed E-state index contributed by atoms with van der Waals surface area (Å²) in [7, 11) is 1.55. The number of nitrogen functional groups attached to an aromatic ring is 2. The van der Waals surface area contributed by atoms with Gasteiger partial charge in [0.15, 0.2) is 6.23 Å². The van der Waals surface area contributed by atoms with E-state index >= 15 is 0 Å². The SMILES string of the molecule is CC.C\C=C/C=C(\C=C(/C)OC)C(O)/N=C(\N)c1cc(Nc2ccnc(N)n2)ccc1N. The zero-order valence-corrected chi connectivity index (χ0v) is 19.2. The molecule has 1 aromatic carbocycles. The lowest BCUT2D eigenvalue weighted by Gasteiger charge is -2.13. The van der Waals surface area contributed by atoms with Gasteiger partial charge in [0.1, 0.15) is 11.7 Å². The largest absolute Gasteiger partial charge is 0.501 e. The first-order chi connectivity index (χ1) is 15.3. The second-order valence-corrected chi connectivity index (χ2v) is 6.27. The molecule has 8 N–H and O–H groups in total. The Balaban J connectivity index is 0.00000249. The van der Waals surface area contributed by atoms with Gasteiger partial charge in [0.2, 0.25) is 5.95 Å². The highest BCUT2D eigenvalue weighted by atomic mass is 16.5. The van der Waals surface area contributed by atoms with Crippen LogP contribution in [0, 0.1) is 0 Å². The molecule has 2 rings (SSSR count). The Hall–Kier alpha value is -3.85. The molecule has 32 heavy (non-hydrogen) atoms. The van der Waals surface area contributed by atoms with E-state index < -0.39 is 6.23 Å². The van der Waals surface area contributed by atoms with E-state index in [0.29, 0.717) is 34.1 Å². The maximum atomic E-state index is 10.6. The third-order valence-electron chi connectivity index (χ3n) is 4.01. The van der Waals surface area contributed by atoms with E-state index in [1.165, 1.54) is 0 Å². The van der Waals surface area contributed by atoms with E-state index in [2.05, 4.69) is 20.3 Å². The fraction of sp³-hybridized carbons (Fsp3) is 0.261. The summed E-state index contributed by atoms with van der Waals surface area (Å²) < 4.78 is 5.16. The van der Waals surface area contributed by atoms with Crippen molar-refractivity contribution < 1.29 is 9.84 Å². The van der Waals surface area contributed by atoms with Crippen molar-refractivity contribution in [3.8, 4) is 0 Å². The van der Waals surface area contributed by atoms with E-state index in [9.17, 15) is 5.11 Å². The first-order valence-electron chi connectivity index (χ1n) is 10.2. The molecule has 0 spiro atoms. The van der Waals surface area contributed by atoms with Crippen molar-refractivity contribution in [1.82, 2.24) is 9.97 Å². The highest BCUT2D eigenvalue weighted by molar-refractivity contribution is 6.03. The molecule has 9 nitrogen and oxygen atoms in total. The minimum atomic E-state index is -1.20. The van der Waals surface area contributed by atoms with Crippen molar-refractivity contribution in [3.63, 3.8) is 0 Å². The number of benzene rings is 1. The third-order valence-corrected chi connectivity index (χ3v) is 4.01. The second kappa shape index (κ2) is 13.5. The Kier molecular flexibility index (Phi) is 11.0. The average Bonchev–Trinajstić information content (AvgIpc) is 2.78. The zero-order chi connectivity index (χ0) is 24.1. The maximum Gasteiger partial charge on any atom is 0.221 e. The summed E-state index contributed by atoms with van der Waals surface area (Å²) in [4.78, 5) is 12.2. The molecule has 0 saturated heterocycles. The number of aromatic nitrogens is 2. The van der Waals surface area contributed by atoms with Crippen molar-refractivity contribution in [1.29, 1.82) is 0 Å². The molecule has 0 saturated carbocycles. The topological polar surface area (TPSA) is 158 Å². The van der Waals surface area contributed by atoms with Crippen molar-refractivity contribution in [2.75, 3.05) is 23.9 Å². The summed E-state index contributed by atoms with van der Waals surface area (Å²) in [5.74, 6) is 1.37. The molecular formula is C23H33N7O2. The average molecular weight is 440 g/mol. The van der Waals surface area contributed by atoms with Crippen molar-refractivity contribution in [3.05, 3.63) is 71.7 Å². The van der Waals surface area contributed by atoms with Gasteiger partial charge < -0.3 is 32.4 Å². The summed E-state index contributed by atoms with van der Waals surface area (Å²) in [6, 6.07) is 6.84. The number of ether oxygens (including phenoxy) is 1. The lowest BCUT2D eigenvalue weighted by atomic mass is 10.1. The van der Waals surface area contributed by atoms with Gasteiger partial charge in [0.25, 0.3) is 0 Å². The normalized spacial score (nSPS) is 13.4. The van der Waals surface area contributed by atoms with E-state index in [1.807, 2.05) is 26.8 Å². The van der Waals surface area contributed by atoms with Gasteiger partial charge in [-0.2, -0.15) is 4.98 Å². The highest BCUT2D eigenvalue weighted by Crippen LogP contribution is 2.21. The first kappa shape index (κ1) is 26.2. The Morgan fingerprint density at radius 3 is 2.59 bits per heavy atom. The predicted molar refractivity (Wildman–Crippen MR) is 132 cm³/mol. The van der Waals surface area contributed by atoms with Crippen LogP contribution in [0.25, 0.3) is 0 Å². The van der Waals surface area contributed by atoms with Crippen LogP contribution in [0.5, 0.6) is 0 Å². The Bertz CT molecular complexity index is 998. The van der Waals surface area contributed by atoms with Gasteiger partial charge in [0, 0.05) is 28.7 Å². The van der Waals surface area contributed by atoms with Crippen LogP contribution < -0.4 is 22.5 Å². The molecule has 1 heterocycles. The number of nitrogens with one attached hydrogen (secondary N) is 1. The first-order valence-corrected chi connectivity index (χ1v) is 10.2. The summed E-state index contributed by atoms with van der Waals surface area (Å²) in [6.45, 7) is 7.64. The van der Waals surface area contributed by atoms with Crippen LogP contribution in [0.3, 0.4) is 0 Å². The van der Waals surface area contributed by atoms with Gasteiger partial charge in [-0.25, -0.2) is 9.98 Å². The molecule has 1 unspecified atom stereocenters. The number of rotatable bonds is 8. The van der Waals surface area contributed by atoms with Gasteiger partial charge >= 0.3 is 0 Å². The third kappa shape index (κ3) is 8.11. The number of amidine groups is 1. The summed E-state index contributed by atoms with van der Waals surface area (Å²) in [5, 5.41) is 13.7. The number of anilines is 4. The number of hydrogen-bond donors (Lipinski definition) is 5. The predicted octanol–water partition coefficient (Wildman–Crippen LogP) is 3.49. The van der Waals surface area contributed by atoms with E-state index in [0.717, 1.165) is 0 Å². The fourth-order valence-electron chi connectivity index (χ4n) is 2.43. The van der Waals surface area contributed by atoms with Gasteiger partial charge in [-0.1, -0.05) is 32.1 Å². The maximum absolute atomic E-state index is 10.6.